The third-order valence-corrected chi connectivity index (χ3v) is 20.4. The number of carbonyl (C=O) groups excluding carboxylic acids is 2. The molecule has 1 amide bonds. The fraction of sp³-hybridized carbons (Fsp3) is 0.542. The maximum absolute atomic E-state index is 13.9. The molecule has 0 bridgehead atoms. The number of Topliss-reactive ketones (excluding diaryl/α,β-unsaturated/α-hetero) is 1. The number of aliphatic hydroxyl groups is 1. The molecule has 2 aliphatic heterocycles. The Bertz CT molecular complexity index is 2540. The standard InChI is InChI=1S/C48H57F3IN7O5Si/c1-30(35-21-15-27-57(35)44(61)48(49,50)51)59-43-37(40(52)55-59)42(53-41(54-43)38-34-20-14-25-47(39(34)64-56-38)24-13-12-22-36(47)60)58-29-46(5,62)26-23-31(58)28-63-65(45(2,3)4,32-16-8-6-9-17-32)33-18-10-7-11-19-33/h6-11,16-19,30-31,35,62H,12-15,20-29H2,1-5H3/t30-,31+,35-,46+,47+/m0/s1. The minimum absolute atomic E-state index is 0.0173. The van der Waals surface area contributed by atoms with Crippen molar-refractivity contribution in [3.8, 4) is 11.5 Å². The summed E-state index contributed by atoms with van der Waals surface area (Å²) in [6.07, 6.45) is 1.79. The van der Waals surface area contributed by atoms with Gasteiger partial charge in [0.1, 0.15) is 15.3 Å². The minimum atomic E-state index is -5.02. The monoisotopic (exact) mass is 1020 g/mol. The second-order valence-corrected chi connectivity index (χ2v) is 25.3. The predicted molar refractivity (Wildman–Crippen MR) is 252 cm³/mol. The first-order valence-electron chi connectivity index (χ1n) is 23.0. The number of anilines is 1. The van der Waals surface area contributed by atoms with Crippen LogP contribution in [-0.2, 0) is 25.9 Å². The molecular weight excluding hydrogens is 967 g/mol. The van der Waals surface area contributed by atoms with Crippen molar-refractivity contribution in [1.29, 1.82) is 0 Å². The SMILES string of the molecule is C[C@@H]([C@@H]1CCCN1C(=O)C(F)(F)F)n1nc(I)c2c(N3C[C@](C)(O)CC[C@@H]3CO[Si](c3ccccc3)(c3ccccc3)C(C)(C)C)nc(-c3noc4c3CCC[C@@]43CCCCC3=O)nc21. The number of alkyl halides is 3. The largest absolute Gasteiger partial charge is 0.471 e. The predicted octanol–water partition coefficient (Wildman–Crippen LogP) is 8.21. The average Bonchev–Trinajstić information content (AvgIpc) is 4.03. The van der Waals surface area contributed by atoms with Crippen molar-refractivity contribution >= 4 is 69.8 Å². The molecule has 2 saturated heterocycles. The third-order valence-electron chi connectivity index (χ3n) is 14.6. The van der Waals surface area contributed by atoms with Crippen molar-refractivity contribution in [1.82, 2.24) is 29.8 Å². The van der Waals surface area contributed by atoms with Gasteiger partial charge in [0.2, 0.25) is 0 Å². The number of hydrogen-bond donors (Lipinski definition) is 1. The quantitative estimate of drug-likeness (QED) is 0.114. The van der Waals surface area contributed by atoms with Gasteiger partial charge in [-0.1, -0.05) is 93.0 Å². The molecule has 1 N–H and O–H groups in total. The number of ketones is 1. The summed E-state index contributed by atoms with van der Waals surface area (Å²) in [5.74, 6) is -0.410. The Hall–Kier alpha value is -4.20. The Morgan fingerprint density at radius 3 is 2.29 bits per heavy atom. The fourth-order valence-corrected chi connectivity index (χ4v) is 16.7. The maximum atomic E-state index is 13.9. The molecule has 346 valence electrons. The van der Waals surface area contributed by atoms with Gasteiger partial charge >= 0.3 is 12.1 Å². The van der Waals surface area contributed by atoms with Gasteiger partial charge in [0.15, 0.2) is 22.9 Å². The molecule has 5 heterocycles. The summed E-state index contributed by atoms with van der Waals surface area (Å²) >= 11 is 2.13. The van der Waals surface area contributed by atoms with E-state index in [1.807, 2.05) is 19.1 Å². The van der Waals surface area contributed by atoms with Crippen molar-refractivity contribution in [2.24, 2.45) is 0 Å². The molecule has 0 unspecified atom stereocenters. The summed E-state index contributed by atoms with van der Waals surface area (Å²) in [5, 5.41) is 24.1. The van der Waals surface area contributed by atoms with Crippen LogP contribution < -0.4 is 15.3 Å². The zero-order chi connectivity index (χ0) is 46.1. The lowest BCUT2D eigenvalue weighted by atomic mass is 9.64. The van der Waals surface area contributed by atoms with Crippen molar-refractivity contribution in [2.75, 3.05) is 24.6 Å². The number of benzene rings is 2. The Morgan fingerprint density at radius 1 is 0.969 bits per heavy atom. The molecule has 1 saturated carbocycles. The van der Waals surface area contributed by atoms with Crippen LogP contribution in [0.5, 0.6) is 0 Å². The van der Waals surface area contributed by atoms with E-state index < -0.39 is 43.5 Å². The van der Waals surface area contributed by atoms with Crippen LogP contribution >= 0.6 is 22.6 Å². The Labute approximate surface area is 392 Å². The number of aromatic nitrogens is 5. The van der Waals surface area contributed by atoms with E-state index >= 15 is 0 Å². The van der Waals surface area contributed by atoms with E-state index in [2.05, 4.69) is 102 Å². The zero-order valence-corrected chi connectivity index (χ0v) is 40.8. The summed E-state index contributed by atoms with van der Waals surface area (Å²) in [7, 11) is -3.02. The normalized spacial score (nSPS) is 24.8. The Morgan fingerprint density at radius 2 is 1.65 bits per heavy atom. The second-order valence-electron chi connectivity index (χ2n) is 19.9. The van der Waals surface area contributed by atoms with Crippen LogP contribution in [0.1, 0.15) is 116 Å². The Balaban J connectivity index is 1.21. The van der Waals surface area contributed by atoms with Gasteiger partial charge in [0.05, 0.1) is 41.1 Å². The van der Waals surface area contributed by atoms with Gasteiger partial charge in [-0.3, -0.25) is 9.59 Å². The smallest absolute Gasteiger partial charge is 0.405 e. The zero-order valence-electron chi connectivity index (χ0n) is 37.6. The number of rotatable bonds is 9. The lowest BCUT2D eigenvalue weighted by Crippen LogP contribution is -2.67. The highest BCUT2D eigenvalue weighted by atomic mass is 127. The first kappa shape index (κ1) is 45.9. The number of halogens is 4. The lowest BCUT2D eigenvalue weighted by Gasteiger charge is -2.47. The molecule has 12 nitrogen and oxygen atoms in total. The molecule has 3 fully saturated rings. The number of amides is 1. The molecular formula is C48H57F3IN7O5Si. The van der Waals surface area contributed by atoms with Crippen LogP contribution in [0.2, 0.25) is 5.04 Å². The molecule has 65 heavy (non-hydrogen) atoms. The van der Waals surface area contributed by atoms with Crippen LogP contribution in [0.25, 0.3) is 22.6 Å². The molecule has 1 spiro atoms. The third kappa shape index (κ3) is 8.02. The van der Waals surface area contributed by atoms with Gasteiger partial charge in [0.25, 0.3) is 8.32 Å². The van der Waals surface area contributed by atoms with Crippen LogP contribution in [-0.4, -0.2) is 98.5 Å². The minimum Gasteiger partial charge on any atom is -0.405 e. The molecule has 2 aromatic carbocycles. The highest BCUT2D eigenvalue weighted by Gasteiger charge is 2.53. The molecule has 0 radical (unpaired) electrons. The average molecular weight is 1020 g/mol. The highest BCUT2D eigenvalue weighted by molar-refractivity contribution is 14.1. The van der Waals surface area contributed by atoms with E-state index in [0.717, 1.165) is 40.1 Å². The van der Waals surface area contributed by atoms with Crippen LogP contribution in [0.15, 0.2) is 65.2 Å². The van der Waals surface area contributed by atoms with Gasteiger partial charge in [-0.25, -0.2) is 14.6 Å². The molecule has 3 aromatic heterocycles. The summed E-state index contributed by atoms with van der Waals surface area (Å²) in [6.45, 7) is 10.8. The number of likely N-dealkylation sites (tertiary alicyclic amines) is 1. The van der Waals surface area contributed by atoms with Crippen molar-refractivity contribution in [3.63, 3.8) is 0 Å². The van der Waals surface area contributed by atoms with E-state index in [-0.39, 0.29) is 35.8 Å². The van der Waals surface area contributed by atoms with Crippen molar-refractivity contribution in [2.45, 2.75) is 146 Å². The Kier molecular flexibility index (Phi) is 12.1. The maximum Gasteiger partial charge on any atom is 0.471 e. The van der Waals surface area contributed by atoms with E-state index in [9.17, 15) is 27.9 Å². The summed E-state index contributed by atoms with van der Waals surface area (Å²) in [6, 6.07) is 19.1. The van der Waals surface area contributed by atoms with Crippen molar-refractivity contribution in [3.05, 3.63) is 75.7 Å². The van der Waals surface area contributed by atoms with E-state index in [0.29, 0.717) is 90.0 Å². The molecule has 5 aromatic rings. The van der Waals surface area contributed by atoms with Gasteiger partial charge in [0, 0.05) is 25.1 Å². The lowest BCUT2D eigenvalue weighted by molar-refractivity contribution is -0.187. The number of piperidine rings is 1. The van der Waals surface area contributed by atoms with Gasteiger partial charge < -0.3 is 23.9 Å². The topological polar surface area (TPSA) is 140 Å². The summed E-state index contributed by atoms with van der Waals surface area (Å²) in [5.41, 5.74) is -0.304. The van der Waals surface area contributed by atoms with Crippen molar-refractivity contribution < 1.29 is 36.8 Å². The van der Waals surface area contributed by atoms with Crippen LogP contribution in [0.3, 0.4) is 0 Å². The highest BCUT2D eigenvalue weighted by Crippen LogP contribution is 2.48. The molecule has 4 aliphatic rings. The molecule has 5 atom stereocenters. The number of hydrogen-bond acceptors (Lipinski definition) is 10. The number of carbonyl (C=O) groups is 2. The number of nitrogens with zero attached hydrogens (tertiary/aromatic N) is 7. The fourth-order valence-electron chi connectivity index (χ4n) is 11.4. The molecule has 2 aliphatic carbocycles. The van der Waals surface area contributed by atoms with E-state index in [4.69, 9.17) is 24.0 Å². The first-order chi connectivity index (χ1) is 30.9. The van der Waals surface area contributed by atoms with Crippen LogP contribution in [0.4, 0.5) is 19.0 Å². The number of β-amino-alcohol motifs (C(OH)–C–C–N with tert-alkyl or cyclic N) is 1. The van der Waals surface area contributed by atoms with Gasteiger partial charge in [-0.2, -0.15) is 18.3 Å². The number of fused-ring (bicyclic) bond motifs is 3. The summed E-state index contributed by atoms with van der Waals surface area (Å²) < 4.78 is 57.7. The van der Waals surface area contributed by atoms with Gasteiger partial charge in [-0.05, 0) is 110 Å². The molecule has 9 rings (SSSR count). The first-order valence-corrected chi connectivity index (χ1v) is 26.0. The second kappa shape index (κ2) is 17.1. The van der Waals surface area contributed by atoms with E-state index in [1.165, 1.54) is 0 Å². The van der Waals surface area contributed by atoms with Gasteiger partial charge in [-0.15, -0.1) is 0 Å². The van der Waals surface area contributed by atoms with Crippen LogP contribution in [0, 0.1) is 3.70 Å². The van der Waals surface area contributed by atoms with E-state index in [1.54, 1.807) is 11.6 Å². The molecule has 17 heteroatoms. The summed E-state index contributed by atoms with van der Waals surface area (Å²) in [4.78, 5) is 40.0.